The lowest BCUT2D eigenvalue weighted by atomic mass is 9.89. The summed E-state index contributed by atoms with van der Waals surface area (Å²) in [7, 11) is 0. The second-order valence-electron chi connectivity index (χ2n) is 5.62. The second kappa shape index (κ2) is 4.77. The molecular formula is C15H18N2O. The van der Waals surface area contributed by atoms with E-state index in [1.54, 1.807) is 16.9 Å². The molecule has 0 amide bonds. The van der Waals surface area contributed by atoms with Gasteiger partial charge in [0.1, 0.15) is 5.69 Å². The van der Waals surface area contributed by atoms with Gasteiger partial charge in [-0.25, -0.2) is 4.68 Å². The summed E-state index contributed by atoms with van der Waals surface area (Å²) in [6.07, 6.45) is 2.19. The van der Waals surface area contributed by atoms with Crippen molar-refractivity contribution < 1.29 is 4.79 Å². The molecule has 1 aromatic heterocycles. The monoisotopic (exact) mass is 242 g/mol. The molecule has 3 nitrogen and oxygen atoms in total. The first kappa shape index (κ1) is 12.6. The molecule has 18 heavy (non-hydrogen) atoms. The Bertz CT molecular complexity index is 535. The predicted octanol–water partition coefficient (Wildman–Crippen LogP) is 3.49. The Morgan fingerprint density at radius 1 is 1.17 bits per heavy atom. The molecule has 0 saturated carbocycles. The maximum Gasteiger partial charge on any atom is 0.181 e. The van der Waals surface area contributed by atoms with Crippen molar-refractivity contribution in [3.8, 4) is 5.69 Å². The van der Waals surface area contributed by atoms with Gasteiger partial charge in [-0.1, -0.05) is 39.0 Å². The van der Waals surface area contributed by atoms with Gasteiger partial charge in [-0.05, 0) is 23.6 Å². The van der Waals surface area contributed by atoms with E-state index >= 15 is 0 Å². The molecule has 1 aromatic carbocycles. The van der Waals surface area contributed by atoms with Gasteiger partial charge in [-0.3, -0.25) is 4.79 Å². The molecule has 0 aliphatic carbocycles. The van der Waals surface area contributed by atoms with Crippen LogP contribution in [0.5, 0.6) is 0 Å². The van der Waals surface area contributed by atoms with Crippen LogP contribution >= 0.6 is 0 Å². The number of Topliss-reactive ketones (excluding diaryl/α,β-unsaturated/α-hetero) is 1. The Morgan fingerprint density at radius 3 is 2.44 bits per heavy atom. The molecule has 2 aromatic rings. The molecule has 0 radical (unpaired) electrons. The second-order valence-corrected chi connectivity index (χ2v) is 5.62. The average Bonchev–Trinajstić information content (AvgIpc) is 2.76. The van der Waals surface area contributed by atoms with Gasteiger partial charge >= 0.3 is 0 Å². The van der Waals surface area contributed by atoms with Gasteiger partial charge in [0.15, 0.2) is 5.78 Å². The minimum atomic E-state index is -0.0110. The number of hydrogen-bond acceptors (Lipinski definition) is 2. The van der Waals surface area contributed by atoms with Crippen molar-refractivity contribution in [2.75, 3.05) is 0 Å². The minimum Gasteiger partial charge on any atom is -0.292 e. The highest BCUT2D eigenvalue weighted by atomic mass is 16.1. The first-order valence-corrected chi connectivity index (χ1v) is 6.10. The van der Waals surface area contributed by atoms with Crippen molar-refractivity contribution in [1.29, 1.82) is 0 Å². The van der Waals surface area contributed by atoms with Gasteiger partial charge in [-0.2, -0.15) is 5.10 Å². The van der Waals surface area contributed by atoms with E-state index in [-0.39, 0.29) is 11.2 Å². The Hall–Kier alpha value is -1.90. The molecule has 1 heterocycles. The number of carbonyl (C=O) groups is 1. The topological polar surface area (TPSA) is 34.9 Å². The number of para-hydroxylation sites is 1. The van der Waals surface area contributed by atoms with Crippen LogP contribution in [0.1, 0.15) is 37.7 Å². The molecule has 0 fully saturated rings. The highest BCUT2D eigenvalue weighted by Gasteiger charge is 2.20. The van der Waals surface area contributed by atoms with Crippen molar-refractivity contribution >= 4 is 5.78 Å². The van der Waals surface area contributed by atoms with Crippen molar-refractivity contribution in [3.05, 3.63) is 48.3 Å². The Morgan fingerprint density at radius 2 is 1.83 bits per heavy atom. The number of hydrogen-bond donors (Lipinski definition) is 0. The maximum atomic E-state index is 12.3. The molecule has 0 N–H and O–H groups in total. The Labute approximate surface area is 107 Å². The van der Waals surface area contributed by atoms with E-state index in [1.807, 2.05) is 30.3 Å². The zero-order valence-corrected chi connectivity index (χ0v) is 11.1. The Kier molecular flexibility index (Phi) is 3.32. The van der Waals surface area contributed by atoms with Gasteiger partial charge in [0, 0.05) is 6.42 Å². The van der Waals surface area contributed by atoms with Crippen LogP contribution in [0.3, 0.4) is 0 Å². The van der Waals surface area contributed by atoms with Crippen LogP contribution in [0.4, 0.5) is 0 Å². The summed E-state index contributed by atoms with van der Waals surface area (Å²) in [6, 6.07) is 11.5. The number of carbonyl (C=O) groups excluding carboxylic acids is 1. The molecule has 0 unspecified atom stereocenters. The average molecular weight is 242 g/mol. The molecule has 0 atom stereocenters. The third kappa shape index (κ3) is 2.86. The third-order valence-corrected chi connectivity index (χ3v) is 2.62. The summed E-state index contributed by atoms with van der Waals surface area (Å²) in [5.74, 6) is 0.129. The van der Waals surface area contributed by atoms with Gasteiger partial charge in [0.2, 0.25) is 0 Å². The first-order chi connectivity index (χ1) is 8.47. The normalized spacial score (nSPS) is 11.5. The Balaban J connectivity index is 2.32. The molecular weight excluding hydrogens is 224 g/mol. The largest absolute Gasteiger partial charge is 0.292 e. The van der Waals surface area contributed by atoms with Crippen LogP contribution in [0, 0.1) is 5.41 Å². The van der Waals surface area contributed by atoms with Crippen molar-refractivity contribution in [2.24, 2.45) is 5.41 Å². The van der Waals surface area contributed by atoms with Gasteiger partial charge in [-0.15, -0.1) is 0 Å². The van der Waals surface area contributed by atoms with E-state index < -0.39 is 0 Å². The number of benzene rings is 1. The van der Waals surface area contributed by atoms with Crippen LogP contribution in [0.25, 0.3) is 5.69 Å². The van der Waals surface area contributed by atoms with E-state index in [4.69, 9.17) is 0 Å². The molecule has 3 heteroatoms. The number of rotatable bonds is 3. The summed E-state index contributed by atoms with van der Waals surface area (Å²) in [4.78, 5) is 12.3. The fourth-order valence-electron chi connectivity index (χ4n) is 1.86. The quantitative estimate of drug-likeness (QED) is 0.772. The van der Waals surface area contributed by atoms with E-state index in [2.05, 4.69) is 25.9 Å². The number of aromatic nitrogens is 2. The van der Waals surface area contributed by atoms with Crippen LogP contribution in [0.2, 0.25) is 0 Å². The highest BCUT2D eigenvalue weighted by Crippen LogP contribution is 2.22. The fourth-order valence-corrected chi connectivity index (χ4v) is 1.86. The first-order valence-electron chi connectivity index (χ1n) is 6.10. The minimum absolute atomic E-state index is 0.0110. The van der Waals surface area contributed by atoms with Gasteiger partial charge < -0.3 is 0 Å². The zero-order chi connectivity index (χ0) is 13.2. The van der Waals surface area contributed by atoms with Crippen LogP contribution in [0.15, 0.2) is 42.6 Å². The molecule has 94 valence electrons. The fraction of sp³-hybridized carbons (Fsp3) is 0.333. The van der Waals surface area contributed by atoms with E-state index in [0.29, 0.717) is 12.1 Å². The summed E-state index contributed by atoms with van der Waals surface area (Å²) in [5, 5.41) is 4.23. The SMILES string of the molecule is CC(C)(C)CC(=O)c1ccnn1-c1ccccc1. The van der Waals surface area contributed by atoms with E-state index in [9.17, 15) is 4.79 Å². The smallest absolute Gasteiger partial charge is 0.181 e. The van der Waals surface area contributed by atoms with Crippen LogP contribution < -0.4 is 0 Å². The van der Waals surface area contributed by atoms with E-state index in [1.165, 1.54) is 0 Å². The van der Waals surface area contributed by atoms with Crippen LogP contribution in [-0.2, 0) is 0 Å². The standard InChI is InChI=1S/C15H18N2O/c1-15(2,3)11-14(18)13-9-10-16-17(13)12-7-5-4-6-8-12/h4-10H,11H2,1-3H3. The summed E-state index contributed by atoms with van der Waals surface area (Å²) < 4.78 is 1.70. The molecule has 0 saturated heterocycles. The zero-order valence-electron chi connectivity index (χ0n) is 11.1. The summed E-state index contributed by atoms with van der Waals surface area (Å²) in [5.41, 5.74) is 1.55. The van der Waals surface area contributed by atoms with E-state index in [0.717, 1.165) is 5.69 Å². The lowest BCUT2D eigenvalue weighted by Gasteiger charge is -2.17. The van der Waals surface area contributed by atoms with Crippen molar-refractivity contribution in [1.82, 2.24) is 9.78 Å². The van der Waals surface area contributed by atoms with Gasteiger partial charge in [0.25, 0.3) is 0 Å². The maximum absolute atomic E-state index is 12.3. The van der Waals surface area contributed by atoms with Crippen LogP contribution in [-0.4, -0.2) is 15.6 Å². The molecule has 0 bridgehead atoms. The molecule has 2 rings (SSSR count). The molecule has 0 spiro atoms. The lowest BCUT2D eigenvalue weighted by Crippen LogP contribution is -2.16. The molecule has 0 aliphatic heterocycles. The lowest BCUT2D eigenvalue weighted by molar-refractivity contribution is 0.0932. The molecule has 0 aliphatic rings. The highest BCUT2D eigenvalue weighted by molar-refractivity contribution is 5.95. The van der Waals surface area contributed by atoms with Crippen molar-refractivity contribution in [2.45, 2.75) is 27.2 Å². The summed E-state index contributed by atoms with van der Waals surface area (Å²) in [6.45, 7) is 6.19. The predicted molar refractivity (Wildman–Crippen MR) is 72.0 cm³/mol. The number of nitrogens with zero attached hydrogens (tertiary/aromatic N) is 2. The van der Waals surface area contributed by atoms with Gasteiger partial charge in [0.05, 0.1) is 11.9 Å². The summed E-state index contributed by atoms with van der Waals surface area (Å²) >= 11 is 0. The van der Waals surface area contributed by atoms with Crippen molar-refractivity contribution in [3.63, 3.8) is 0 Å². The number of ketones is 1. The third-order valence-electron chi connectivity index (χ3n) is 2.62.